The maximum Gasteiger partial charge on any atom is 0.270 e. The van der Waals surface area contributed by atoms with Crippen LogP contribution in [0.4, 0.5) is 5.69 Å². The molecule has 2 rings (SSSR count). The van der Waals surface area contributed by atoms with Gasteiger partial charge in [0, 0.05) is 20.3 Å². The number of amides is 1. The number of carbonyl (C=O) groups is 1. The van der Waals surface area contributed by atoms with Gasteiger partial charge >= 0.3 is 0 Å². The molecule has 0 radical (unpaired) electrons. The predicted molar refractivity (Wildman–Crippen MR) is 72.0 cm³/mol. The van der Waals surface area contributed by atoms with Crippen molar-refractivity contribution < 1.29 is 9.21 Å². The molecular weight excluding hydrogens is 298 g/mol. The molecule has 0 spiro atoms. The number of carbonyl (C=O) groups excluding carboxylic acids is 1. The number of hydrogen-bond donors (Lipinski definition) is 1. The summed E-state index contributed by atoms with van der Waals surface area (Å²) in [7, 11) is 3.52. The van der Waals surface area contributed by atoms with E-state index in [4.69, 9.17) is 10.2 Å². The number of aromatic nitrogens is 1. The lowest BCUT2D eigenvalue weighted by Crippen LogP contribution is -2.27. The Balaban J connectivity index is 2.11. The van der Waals surface area contributed by atoms with Gasteiger partial charge in [0.1, 0.15) is 11.5 Å². The number of halogens is 1. The maximum absolute atomic E-state index is 12.2. The molecule has 0 aromatic carbocycles. The van der Waals surface area contributed by atoms with Crippen molar-refractivity contribution in [1.29, 1.82) is 0 Å². The Labute approximate surface area is 113 Å². The zero-order chi connectivity index (χ0) is 13.3. The quantitative estimate of drug-likeness (QED) is 0.945. The lowest BCUT2D eigenvalue weighted by molar-refractivity contribution is 0.0765. The van der Waals surface area contributed by atoms with Gasteiger partial charge in [0.15, 0.2) is 4.67 Å². The van der Waals surface area contributed by atoms with E-state index in [2.05, 4.69) is 15.9 Å². The van der Waals surface area contributed by atoms with Gasteiger partial charge in [0.25, 0.3) is 5.91 Å². The van der Waals surface area contributed by atoms with Crippen LogP contribution in [-0.4, -0.2) is 22.4 Å². The highest BCUT2D eigenvalue weighted by atomic mass is 79.9. The van der Waals surface area contributed by atoms with E-state index in [1.807, 2.05) is 6.07 Å². The summed E-state index contributed by atoms with van der Waals surface area (Å²) in [5.41, 5.74) is 6.79. The van der Waals surface area contributed by atoms with E-state index in [1.54, 1.807) is 41.9 Å². The summed E-state index contributed by atoms with van der Waals surface area (Å²) < 4.78 is 7.74. The number of aryl methyl sites for hydroxylation is 1. The number of anilines is 1. The number of nitrogens with zero attached hydrogens (tertiary/aromatic N) is 2. The summed E-state index contributed by atoms with van der Waals surface area (Å²) in [6.07, 6.45) is 1.71. The summed E-state index contributed by atoms with van der Waals surface area (Å²) in [5.74, 6) is 0.627. The molecule has 0 aliphatic carbocycles. The zero-order valence-corrected chi connectivity index (χ0v) is 11.8. The van der Waals surface area contributed by atoms with Gasteiger partial charge in [-0.3, -0.25) is 4.79 Å². The molecule has 2 aromatic rings. The first kappa shape index (κ1) is 12.8. The van der Waals surface area contributed by atoms with Crippen molar-refractivity contribution in [2.45, 2.75) is 6.54 Å². The third-order valence-electron chi connectivity index (χ3n) is 2.61. The molecular formula is C12H14BrN3O2. The number of hydrogen-bond acceptors (Lipinski definition) is 3. The first-order valence-corrected chi connectivity index (χ1v) is 6.18. The molecule has 0 aliphatic heterocycles. The fourth-order valence-corrected chi connectivity index (χ4v) is 2.08. The van der Waals surface area contributed by atoms with E-state index in [0.717, 1.165) is 5.76 Å². The lowest BCUT2D eigenvalue weighted by Gasteiger charge is -2.15. The van der Waals surface area contributed by atoms with E-state index in [9.17, 15) is 4.79 Å². The van der Waals surface area contributed by atoms with Gasteiger partial charge in [-0.15, -0.1) is 0 Å². The second kappa shape index (κ2) is 4.89. The minimum absolute atomic E-state index is 0.0956. The Kier molecular flexibility index (Phi) is 3.47. The van der Waals surface area contributed by atoms with Crippen LogP contribution in [0.3, 0.4) is 0 Å². The van der Waals surface area contributed by atoms with Gasteiger partial charge < -0.3 is 19.6 Å². The molecule has 5 nitrogen and oxygen atoms in total. The predicted octanol–water partition coefficient (Wildman–Crippen LogP) is 2.24. The van der Waals surface area contributed by atoms with E-state index in [1.165, 1.54) is 0 Å². The second-order valence-corrected chi connectivity index (χ2v) is 4.92. The Morgan fingerprint density at radius 1 is 1.56 bits per heavy atom. The van der Waals surface area contributed by atoms with Gasteiger partial charge in [-0.05, 0) is 34.1 Å². The van der Waals surface area contributed by atoms with Crippen molar-refractivity contribution in [2.75, 3.05) is 12.8 Å². The SMILES string of the molecule is CN(Cc1ccc(Br)o1)C(=O)c1cc(N)cn1C. The monoisotopic (exact) mass is 311 g/mol. The molecule has 6 heteroatoms. The van der Waals surface area contributed by atoms with Crippen molar-refractivity contribution in [3.8, 4) is 0 Å². The highest BCUT2D eigenvalue weighted by Crippen LogP contribution is 2.17. The van der Waals surface area contributed by atoms with Crippen molar-refractivity contribution >= 4 is 27.5 Å². The Bertz CT molecular complexity index is 574. The lowest BCUT2D eigenvalue weighted by atomic mass is 10.3. The van der Waals surface area contributed by atoms with Crippen molar-refractivity contribution in [3.63, 3.8) is 0 Å². The third kappa shape index (κ3) is 2.59. The van der Waals surface area contributed by atoms with Gasteiger partial charge in [0.05, 0.1) is 12.2 Å². The molecule has 0 atom stereocenters. The molecule has 0 unspecified atom stereocenters. The first-order valence-electron chi connectivity index (χ1n) is 5.39. The summed E-state index contributed by atoms with van der Waals surface area (Å²) in [5, 5.41) is 0. The standard InChI is InChI=1S/C12H14BrN3O2/c1-15-6-8(14)5-10(15)12(17)16(2)7-9-3-4-11(13)18-9/h3-6H,7,14H2,1-2H3. The highest BCUT2D eigenvalue weighted by molar-refractivity contribution is 9.10. The molecule has 0 saturated heterocycles. The van der Waals surface area contributed by atoms with Crippen LogP contribution >= 0.6 is 15.9 Å². The van der Waals surface area contributed by atoms with Crippen LogP contribution in [0, 0.1) is 0 Å². The summed E-state index contributed by atoms with van der Waals surface area (Å²) in [6, 6.07) is 5.29. The fourth-order valence-electron chi connectivity index (χ4n) is 1.74. The van der Waals surface area contributed by atoms with Gasteiger partial charge in [-0.1, -0.05) is 0 Å². The molecule has 0 bridgehead atoms. The molecule has 0 saturated carbocycles. The number of nitrogen functional groups attached to an aromatic ring is 1. The summed E-state index contributed by atoms with van der Waals surface area (Å²) in [4.78, 5) is 13.8. The molecule has 2 N–H and O–H groups in total. The van der Waals surface area contributed by atoms with Crippen LogP contribution in [0.2, 0.25) is 0 Å². The topological polar surface area (TPSA) is 64.4 Å². The van der Waals surface area contributed by atoms with E-state index < -0.39 is 0 Å². The Morgan fingerprint density at radius 3 is 2.78 bits per heavy atom. The van der Waals surface area contributed by atoms with Crippen LogP contribution in [-0.2, 0) is 13.6 Å². The van der Waals surface area contributed by atoms with Crippen LogP contribution < -0.4 is 5.73 Å². The Morgan fingerprint density at radius 2 is 2.28 bits per heavy atom. The molecule has 2 aromatic heterocycles. The molecule has 2 heterocycles. The minimum Gasteiger partial charge on any atom is -0.452 e. The largest absolute Gasteiger partial charge is 0.452 e. The maximum atomic E-state index is 12.2. The van der Waals surface area contributed by atoms with E-state index >= 15 is 0 Å². The number of nitrogens with two attached hydrogens (primary N) is 1. The molecule has 96 valence electrons. The van der Waals surface area contributed by atoms with E-state index in [-0.39, 0.29) is 5.91 Å². The van der Waals surface area contributed by atoms with Crippen molar-refractivity contribution in [1.82, 2.24) is 9.47 Å². The van der Waals surface area contributed by atoms with Crippen LogP contribution in [0.25, 0.3) is 0 Å². The second-order valence-electron chi connectivity index (χ2n) is 4.14. The van der Waals surface area contributed by atoms with Gasteiger partial charge in [-0.25, -0.2) is 0 Å². The van der Waals surface area contributed by atoms with Crippen LogP contribution in [0.15, 0.2) is 33.5 Å². The Hall–Kier alpha value is -1.69. The minimum atomic E-state index is -0.0956. The number of rotatable bonds is 3. The average molecular weight is 312 g/mol. The summed E-state index contributed by atoms with van der Waals surface area (Å²) >= 11 is 3.23. The molecule has 0 aliphatic rings. The zero-order valence-electron chi connectivity index (χ0n) is 10.2. The van der Waals surface area contributed by atoms with Crippen LogP contribution in [0.1, 0.15) is 16.2 Å². The van der Waals surface area contributed by atoms with Crippen molar-refractivity contribution in [3.05, 3.63) is 40.5 Å². The van der Waals surface area contributed by atoms with Gasteiger partial charge in [0.2, 0.25) is 0 Å². The van der Waals surface area contributed by atoms with Crippen LogP contribution in [0.5, 0.6) is 0 Å². The van der Waals surface area contributed by atoms with E-state index in [0.29, 0.717) is 22.6 Å². The summed E-state index contributed by atoms with van der Waals surface area (Å²) in [6.45, 7) is 0.412. The third-order valence-corrected chi connectivity index (χ3v) is 3.04. The molecule has 18 heavy (non-hydrogen) atoms. The fraction of sp³-hybridized carbons (Fsp3) is 0.250. The molecule has 1 amide bonds. The normalized spacial score (nSPS) is 10.6. The number of furan rings is 1. The molecule has 0 fully saturated rings. The smallest absolute Gasteiger partial charge is 0.270 e. The van der Waals surface area contributed by atoms with Crippen molar-refractivity contribution in [2.24, 2.45) is 7.05 Å². The first-order chi connectivity index (χ1) is 8.47. The average Bonchev–Trinajstić information content (AvgIpc) is 2.84. The van der Waals surface area contributed by atoms with Gasteiger partial charge in [-0.2, -0.15) is 0 Å². The highest BCUT2D eigenvalue weighted by Gasteiger charge is 2.16.